The smallest absolute Gasteiger partial charge is 0.306 e. The second-order valence-corrected chi connectivity index (χ2v) is 21.3. The predicted molar refractivity (Wildman–Crippen MR) is 334 cm³/mol. The van der Waals surface area contributed by atoms with Gasteiger partial charge in [-0.2, -0.15) is 0 Å². The summed E-state index contributed by atoms with van der Waals surface area (Å²) in [6.07, 6.45) is 88.2. The fourth-order valence-corrected chi connectivity index (χ4v) is 8.97. The maximum absolute atomic E-state index is 12.8. The highest BCUT2D eigenvalue weighted by Gasteiger charge is 2.19. The predicted octanol–water partition coefficient (Wildman–Crippen LogP) is 22.2. The van der Waals surface area contributed by atoms with E-state index in [1.807, 2.05) is 0 Å². The fourth-order valence-electron chi connectivity index (χ4n) is 8.97. The molecule has 440 valence electrons. The molecular formula is C71H120O6. The van der Waals surface area contributed by atoms with E-state index in [1.165, 1.54) is 141 Å². The van der Waals surface area contributed by atoms with Crippen molar-refractivity contribution in [2.24, 2.45) is 0 Å². The highest BCUT2D eigenvalue weighted by Crippen LogP contribution is 2.16. The van der Waals surface area contributed by atoms with Crippen molar-refractivity contribution >= 4 is 17.9 Å². The van der Waals surface area contributed by atoms with Crippen LogP contribution in [0.25, 0.3) is 0 Å². The molecule has 0 aliphatic heterocycles. The molecule has 0 aliphatic rings. The van der Waals surface area contributed by atoms with E-state index in [4.69, 9.17) is 14.2 Å². The lowest BCUT2D eigenvalue weighted by atomic mass is 10.0. The molecule has 77 heavy (non-hydrogen) atoms. The molecule has 0 radical (unpaired) electrons. The largest absolute Gasteiger partial charge is 0.462 e. The molecule has 0 rings (SSSR count). The third-order valence-electron chi connectivity index (χ3n) is 13.8. The Hall–Kier alpha value is -3.93. The van der Waals surface area contributed by atoms with Gasteiger partial charge in [0.15, 0.2) is 6.10 Å². The lowest BCUT2D eigenvalue weighted by Crippen LogP contribution is -2.30. The minimum absolute atomic E-state index is 0.0773. The summed E-state index contributed by atoms with van der Waals surface area (Å²) in [6.45, 7) is 6.52. The number of allylic oxidation sites excluding steroid dienone is 18. The van der Waals surface area contributed by atoms with E-state index in [0.717, 1.165) is 122 Å². The Morgan fingerprint density at radius 3 is 0.792 bits per heavy atom. The number of hydrogen-bond donors (Lipinski definition) is 0. The standard InChI is InChI=1S/C71H120O6/c1-4-7-10-13-16-19-21-23-25-26-27-28-29-30-31-32-33-34-35-36-37-38-39-40-41-42-43-44-46-47-49-52-55-58-61-64-70(73)76-67-68(66-75-69(72)63-60-57-54-51-18-15-12-9-6-3)77-71(74)65-62-59-56-53-50-48-45-24-22-20-17-14-11-8-5-2/h7,10,16,19,23,25,27-28,30-31,33-34,36-37,39-40,42-43,68H,4-6,8-9,11-15,17-18,20-22,24,26,29,32,35,38,41,44-67H2,1-3H3/b10-7-,19-16-,25-23-,28-27-,31-30-,34-33-,37-36-,40-39-,43-42-. The van der Waals surface area contributed by atoms with Crippen molar-refractivity contribution in [3.05, 3.63) is 109 Å². The molecule has 0 aromatic heterocycles. The van der Waals surface area contributed by atoms with E-state index in [2.05, 4.69) is 130 Å². The number of carbonyl (C=O) groups is 3. The van der Waals surface area contributed by atoms with Crippen LogP contribution in [0, 0.1) is 0 Å². The van der Waals surface area contributed by atoms with Gasteiger partial charge in [-0.25, -0.2) is 0 Å². The van der Waals surface area contributed by atoms with Crippen LogP contribution < -0.4 is 0 Å². The van der Waals surface area contributed by atoms with Crippen LogP contribution in [0.15, 0.2) is 109 Å². The van der Waals surface area contributed by atoms with Gasteiger partial charge in [0.05, 0.1) is 0 Å². The van der Waals surface area contributed by atoms with Crippen molar-refractivity contribution in [3.63, 3.8) is 0 Å². The van der Waals surface area contributed by atoms with Crippen LogP contribution in [0.2, 0.25) is 0 Å². The first kappa shape index (κ1) is 73.1. The van der Waals surface area contributed by atoms with Crippen molar-refractivity contribution < 1.29 is 28.6 Å². The summed E-state index contributed by atoms with van der Waals surface area (Å²) in [5, 5.41) is 0. The second kappa shape index (κ2) is 64.6. The average molecular weight is 1070 g/mol. The van der Waals surface area contributed by atoms with E-state index in [9.17, 15) is 14.4 Å². The summed E-state index contributed by atoms with van der Waals surface area (Å²) in [6, 6.07) is 0. The molecule has 0 fully saturated rings. The zero-order valence-electron chi connectivity index (χ0n) is 50.4. The average Bonchev–Trinajstić information content (AvgIpc) is 3.43. The Kier molecular flexibility index (Phi) is 61.3. The van der Waals surface area contributed by atoms with Gasteiger partial charge in [0, 0.05) is 19.3 Å². The molecule has 0 N–H and O–H groups in total. The first-order valence-electron chi connectivity index (χ1n) is 32.4. The van der Waals surface area contributed by atoms with Gasteiger partial charge in [0.25, 0.3) is 0 Å². The molecule has 0 aliphatic carbocycles. The molecule has 0 spiro atoms. The molecular weight excluding hydrogens is 949 g/mol. The van der Waals surface area contributed by atoms with Gasteiger partial charge in [-0.1, -0.05) is 304 Å². The Balaban J connectivity index is 4.17. The Morgan fingerprint density at radius 2 is 0.506 bits per heavy atom. The lowest BCUT2D eigenvalue weighted by Gasteiger charge is -2.18. The van der Waals surface area contributed by atoms with Crippen molar-refractivity contribution in [2.45, 2.75) is 309 Å². The van der Waals surface area contributed by atoms with Crippen molar-refractivity contribution in [2.75, 3.05) is 13.2 Å². The molecule has 0 saturated carbocycles. The maximum Gasteiger partial charge on any atom is 0.306 e. The molecule has 0 aromatic carbocycles. The first-order valence-corrected chi connectivity index (χ1v) is 32.4. The van der Waals surface area contributed by atoms with E-state index in [-0.39, 0.29) is 31.1 Å². The zero-order chi connectivity index (χ0) is 55.7. The monoisotopic (exact) mass is 1070 g/mol. The number of esters is 3. The van der Waals surface area contributed by atoms with Crippen LogP contribution >= 0.6 is 0 Å². The van der Waals surface area contributed by atoms with Crippen LogP contribution in [0.5, 0.6) is 0 Å². The summed E-state index contributed by atoms with van der Waals surface area (Å²) < 4.78 is 16.9. The Morgan fingerprint density at radius 1 is 0.273 bits per heavy atom. The van der Waals surface area contributed by atoms with Gasteiger partial charge < -0.3 is 14.2 Å². The highest BCUT2D eigenvalue weighted by molar-refractivity contribution is 5.71. The summed E-state index contributed by atoms with van der Waals surface area (Å²) in [5.41, 5.74) is 0. The summed E-state index contributed by atoms with van der Waals surface area (Å²) in [7, 11) is 0. The van der Waals surface area contributed by atoms with Crippen molar-refractivity contribution in [3.8, 4) is 0 Å². The van der Waals surface area contributed by atoms with Gasteiger partial charge in [0.2, 0.25) is 0 Å². The van der Waals surface area contributed by atoms with Gasteiger partial charge >= 0.3 is 17.9 Å². The van der Waals surface area contributed by atoms with E-state index in [1.54, 1.807) is 0 Å². The van der Waals surface area contributed by atoms with Crippen LogP contribution in [-0.4, -0.2) is 37.2 Å². The SMILES string of the molecule is CC/C=C\C/C=C\C/C=C\C/C=C\C/C=C\C/C=C\C/C=C\C/C=C\C/C=C\CCCCCCCCCC(=O)OCC(COC(=O)CCCCCCCCCCC)OC(=O)CCCCCCCCCCCCCCCCC. The topological polar surface area (TPSA) is 78.9 Å². The number of ether oxygens (including phenoxy) is 3. The molecule has 6 nitrogen and oxygen atoms in total. The minimum atomic E-state index is -0.779. The third kappa shape index (κ3) is 62.8. The number of unbranched alkanes of at least 4 members (excludes halogenated alkanes) is 29. The molecule has 0 aromatic rings. The quantitative estimate of drug-likeness (QED) is 0.0261. The third-order valence-corrected chi connectivity index (χ3v) is 13.8. The molecule has 0 amide bonds. The molecule has 1 atom stereocenters. The minimum Gasteiger partial charge on any atom is -0.462 e. The summed E-state index contributed by atoms with van der Waals surface area (Å²) in [5.74, 6) is -0.883. The Labute approximate surface area is 476 Å². The van der Waals surface area contributed by atoms with E-state index < -0.39 is 6.10 Å². The van der Waals surface area contributed by atoms with E-state index >= 15 is 0 Å². The molecule has 0 bridgehead atoms. The van der Waals surface area contributed by atoms with Crippen LogP contribution in [0.1, 0.15) is 303 Å². The molecule has 0 saturated heterocycles. The summed E-state index contributed by atoms with van der Waals surface area (Å²) >= 11 is 0. The number of hydrogen-bond acceptors (Lipinski definition) is 6. The fraction of sp³-hybridized carbons (Fsp3) is 0.704. The van der Waals surface area contributed by atoms with Crippen LogP contribution in [0.4, 0.5) is 0 Å². The molecule has 6 heteroatoms. The second-order valence-electron chi connectivity index (χ2n) is 21.3. The number of carbonyl (C=O) groups excluding carboxylic acids is 3. The first-order chi connectivity index (χ1) is 38.0. The van der Waals surface area contributed by atoms with Crippen LogP contribution in [0.3, 0.4) is 0 Å². The maximum atomic E-state index is 12.8. The van der Waals surface area contributed by atoms with Crippen molar-refractivity contribution in [1.82, 2.24) is 0 Å². The normalized spacial score (nSPS) is 12.8. The molecule has 1 unspecified atom stereocenters. The highest BCUT2D eigenvalue weighted by atomic mass is 16.6. The lowest BCUT2D eigenvalue weighted by molar-refractivity contribution is -0.167. The van der Waals surface area contributed by atoms with Gasteiger partial charge in [-0.05, 0) is 89.9 Å². The van der Waals surface area contributed by atoms with Gasteiger partial charge in [-0.3, -0.25) is 14.4 Å². The summed E-state index contributed by atoms with van der Waals surface area (Å²) in [4.78, 5) is 38.1. The molecule has 0 heterocycles. The van der Waals surface area contributed by atoms with Crippen LogP contribution in [-0.2, 0) is 28.6 Å². The van der Waals surface area contributed by atoms with Gasteiger partial charge in [-0.15, -0.1) is 0 Å². The van der Waals surface area contributed by atoms with E-state index in [0.29, 0.717) is 19.3 Å². The Bertz CT molecular complexity index is 1560. The van der Waals surface area contributed by atoms with Crippen molar-refractivity contribution in [1.29, 1.82) is 0 Å². The van der Waals surface area contributed by atoms with Gasteiger partial charge in [0.1, 0.15) is 13.2 Å². The zero-order valence-corrected chi connectivity index (χ0v) is 50.4. The number of rotatable bonds is 58.